The lowest BCUT2D eigenvalue weighted by Crippen LogP contribution is -2.36. The number of nitrogens with zero attached hydrogens (tertiary/aromatic N) is 5. The molecule has 2 aromatic heterocycles. The lowest BCUT2D eigenvalue weighted by atomic mass is 10.1. The maximum atomic E-state index is 13.2. The molecular weight excluding hydrogens is 398 g/mol. The first kappa shape index (κ1) is 18.5. The monoisotopic (exact) mass is 415 g/mol. The van der Waals surface area contributed by atoms with E-state index in [0.29, 0.717) is 23.0 Å². The van der Waals surface area contributed by atoms with E-state index in [2.05, 4.69) is 20.1 Å². The molecule has 0 atom stereocenters. The van der Waals surface area contributed by atoms with Gasteiger partial charge in [0.15, 0.2) is 0 Å². The Kier molecular flexibility index (Phi) is 4.55. The molecule has 8 heteroatoms. The third kappa shape index (κ3) is 3.15. The molecule has 7 nitrogen and oxygen atoms in total. The summed E-state index contributed by atoms with van der Waals surface area (Å²) >= 11 is 1.57. The third-order valence-electron chi connectivity index (χ3n) is 4.76. The van der Waals surface area contributed by atoms with Crippen molar-refractivity contribution in [1.29, 1.82) is 0 Å². The largest absolute Gasteiger partial charge is 0.332 e. The number of hydrogen-bond donors (Lipinski definition) is 0. The predicted molar refractivity (Wildman–Crippen MR) is 113 cm³/mol. The second-order valence-corrected chi connectivity index (χ2v) is 8.15. The van der Waals surface area contributed by atoms with Gasteiger partial charge < -0.3 is 9.42 Å². The van der Waals surface area contributed by atoms with E-state index in [1.807, 2.05) is 61.2 Å². The molecule has 0 spiro atoms. The zero-order chi connectivity index (χ0) is 20.7. The quantitative estimate of drug-likeness (QED) is 0.479. The molecule has 2 aromatic carbocycles. The molecular formula is C22H17N5O2S. The molecule has 1 aliphatic heterocycles. The molecule has 5 rings (SSSR count). The Morgan fingerprint density at radius 2 is 1.93 bits per heavy atom. The highest BCUT2D eigenvalue weighted by atomic mass is 32.2. The smallest absolute Gasteiger partial charge is 0.278 e. The SMILES string of the molecule is CC(C)N1C(=O)c2ccccc2Sc2cc(-c3noc(-c4cnccn4)n3)ccc21. The van der Waals surface area contributed by atoms with Crippen molar-refractivity contribution in [2.24, 2.45) is 0 Å². The van der Waals surface area contributed by atoms with E-state index in [9.17, 15) is 4.79 Å². The van der Waals surface area contributed by atoms with Crippen molar-refractivity contribution >= 4 is 23.4 Å². The number of fused-ring (bicyclic) bond motifs is 2. The number of carbonyl (C=O) groups excluding carboxylic acids is 1. The van der Waals surface area contributed by atoms with Crippen molar-refractivity contribution in [2.45, 2.75) is 29.7 Å². The zero-order valence-corrected chi connectivity index (χ0v) is 17.1. The Balaban J connectivity index is 1.59. The highest BCUT2D eigenvalue weighted by Crippen LogP contribution is 2.43. The van der Waals surface area contributed by atoms with Gasteiger partial charge in [0.2, 0.25) is 5.82 Å². The Bertz CT molecular complexity index is 1240. The van der Waals surface area contributed by atoms with Crippen molar-refractivity contribution < 1.29 is 9.32 Å². The summed E-state index contributed by atoms with van der Waals surface area (Å²) in [5.74, 6) is 0.771. The normalized spacial score (nSPS) is 13.2. The van der Waals surface area contributed by atoms with E-state index in [1.54, 1.807) is 30.4 Å². The number of hydrogen-bond acceptors (Lipinski definition) is 7. The molecule has 3 heterocycles. The van der Waals surface area contributed by atoms with E-state index in [-0.39, 0.29) is 11.9 Å². The number of aromatic nitrogens is 4. The van der Waals surface area contributed by atoms with Crippen molar-refractivity contribution in [3.05, 3.63) is 66.6 Å². The summed E-state index contributed by atoms with van der Waals surface area (Å²) in [4.78, 5) is 29.6. The van der Waals surface area contributed by atoms with Gasteiger partial charge in [0.1, 0.15) is 5.69 Å². The number of anilines is 1. The second-order valence-electron chi connectivity index (χ2n) is 7.06. The standard InChI is InChI=1S/C22H17N5O2S/c1-13(2)27-17-8-7-14(20-25-21(29-26-20)16-12-23-9-10-24-16)11-19(17)30-18-6-4-3-5-15(18)22(27)28/h3-13H,1-2H3. The Labute approximate surface area is 177 Å². The summed E-state index contributed by atoms with van der Waals surface area (Å²) in [6.07, 6.45) is 4.74. The minimum atomic E-state index is 0.00380. The fourth-order valence-electron chi connectivity index (χ4n) is 3.39. The number of rotatable bonds is 3. The maximum absolute atomic E-state index is 13.2. The number of amides is 1. The average Bonchev–Trinajstić information content (AvgIpc) is 3.21. The molecule has 30 heavy (non-hydrogen) atoms. The van der Waals surface area contributed by atoms with Crippen molar-refractivity contribution in [2.75, 3.05) is 4.90 Å². The molecule has 0 radical (unpaired) electrons. The Morgan fingerprint density at radius 3 is 2.73 bits per heavy atom. The summed E-state index contributed by atoms with van der Waals surface area (Å²) < 4.78 is 5.37. The van der Waals surface area contributed by atoms with Crippen LogP contribution in [0.3, 0.4) is 0 Å². The van der Waals surface area contributed by atoms with Crippen LogP contribution in [0.5, 0.6) is 0 Å². The molecule has 1 aliphatic rings. The molecule has 0 saturated carbocycles. The summed E-state index contributed by atoms with van der Waals surface area (Å²) in [5, 5.41) is 4.10. The van der Waals surface area contributed by atoms with Crippen LogP contribution in [-0.2, 0) is 0 Å². The van der Waals surface area contributed by atoms with Crippen LogP contribution in [0.25, 0.3) is 23.0 Å². The Morgan fingerprint density at radius 1 is 1.07 bits per heavy atom. The van der Waals surface area contributed by atoms with Crippen molar-refractivity contribution in [3.63, 3.8) is 0 Å². The molecule has 0 saturated heterocycles. The van der Waals surface area contributed by atoms with Gasteiger partial charge in [-0.15, -0.1) is 0 Å². The van der Waals surface area contributed by atoms with Crippen LogP contribution in [0.4, 0.5) is 5.69 Å². The van der Waals surface area contributed by atoms with Gasteiger partial charge in [-0.2, -0.15) is 4.98 Å². The first-order valence-corrected chi connectivity index (χ1v) is 10.3. The van der Waals surface area contributed by atoms with Gasteiger partial charge in [-0.05, 0) is 44.2 Å². The van der Waals surface area contributed by atoms with Gasteiger partial charge in [0.25, 0.3) is 11.8 Å². The summed E-state index contributed by atoms with van der Waals surface area (Å²) in [7, 11) is 0. The van der Waals surface area contributed by atoms with E-state index in [1.165, 1.54) is 0 Å². The molecule has 0 fully saturated rings. The minimum absolute atomic E-state index is 0.00380. The van der Waals surface area contributed by atoms with E-state index in [0.717, 1.165) is 21.0 Å². The Hall–Kier alpha value is -3.52. The molecule has 0 unspecified atom stereocenters. The first-order valence-electron chi connectivity index (χ1n) is 9.47. The lowest BCUT2D eigenvalue weighted by molar-refractivity contribution is 0.0977. The van der Waals surface area contributed by atoms with Crippen LogP contribution in [0.2, 0.25) is 0 Å². The van der Waals surface area contributed by atoms with E-state index < -0.39 is 0 Å². The second kappa shape index (κ2) is 7.38. The zero-order valence-electron chi connectivity index (χ0n) is 16.3. The van der Waals surface area contributed by atoms with Gasteiger partial charge >= 0.3 is 0 Å². The molecule has 0 aliphatic carbocycles. The van der Waals surface area contributed by atoms with Crippen molar-refractivity contribution in [3.8, 4) is 23.0 Å². The molecule has 4 aromatic rings. The van der Waals surface area contributed by atoms with Crippen LogP contribution < -0.4 is 4.90 Å². The van der Waals surface area contributed by atoms with Gasteiger partial charge in [-0.25, -0.2) is 4.98 Å². The van der Waals surface area contributed by atoms with E-state index in [4.69, 9.17) is 4.52 Å². The van der Waals surface area contributed by atoms with Gasteiger partial charge in [0.05, 0.1) is 17.4 Å². The summed E-state index contributed by atoms with van der Waals surface area (Å²) in [6.45, 7) is 4.03. The van der Waals surface area contributed by atoms with E-state index >= 15 is 0 Å². The minimum Gasteiger partial charge on any atom is -0.332 e. The van der Waals surface area contributed by atoms with Crippen LogP contribution in [0, 0.1) is 0 Å². The molecule has 1 amide bonds. The topological polar surface area (TPSA) is 85.0 Å². The average molecular weight is 415 g/mol. The van der Waals surface area contributed by atoms with Crippen molar-refractivity contribution in [1.82, 2.24) is 20.1 Å². The highest BCUT2D eigenvalue weighted by molar-refractivity contribution is 7.99. The molecule has 148 valence electrons. The predicted octanol–water partition coefficient (Wildman–Crippen LogP) is 4.71. The third-order valence-corrected chi connectivity index (χ3v) is 5.88. The summed E-state index contributed by atoms with van der Waals surface area (Å²) in [6, 6.07) is 13.5. The van der Waals surface area contributed by atoms with Crippen LogP contribution >= 0.6 is 11.8 Å². The first-order chi connectivity index (χ1) is 14.6. The fourth-order valence-corrected chi connectivity index (χ4v) is 4.50. The van der Waals surface area contributed by atoms with Crippen LogP contribution in [0.1, 0.15) is 24.2 Å². The fraction of sp³-hybridized carbons (Fsp3) is 0.136. The number of carbonyl (C=O) groups is 1. The summed E-state index contributed by atoms with van der Waals surface area (Å²) in [5.41, 5.74) is 2.90. The maximum Gasteiger partial charge on any atom is 0.278 e. The molecule has 0 N–H and O–H groups in total. The van der Waals surface area contributed by atoms with Gasteiger partial charge in [-0.1, -0.05) is 29.1 Å². The van der Waals surface area contributed by atoms with Gasteiger partial charge in [0, 0.05) is 33.8 Å². The molecule has 0 bridgehead atoms. The van der Waals surface area contributed by atoms with Gasteiger partial charge in [-0.3, -0.25) is 9.78 Å². The van der Waals surface area contributed by atoms with Crippen LogP contribution in [0.15, 0.2) is 75.4 Å². The number of benzene rings is 2. The van der Waals surface area contributed by atoms with Crippen LogP contribution in [-0.4, -0.2) is 32.1 Å². The lowest BCUT2D eigenvalue weighted by Gasteiger charge is -2.27. The highest BCUT2D eigenvalue weighted by Gasteiger charge is 2.29.